The molecule has 0 bridgehead atoms. The molecule has 0 aliphatic rings. The molecule has 0 radical (unpaired) electrons. The van der Waals surface area contributed by atoms with E-state index in [1.807, 2.05) is 0 Å². The van der Waals surface area contributed by atoms with Gasteiger partial charge in [0.05, 0.1) is 0 Å². The van der Waals surface area contributed by atoms with E-state index in [-0.39, 0.29) is 12.4 Å². The SMILES string of the molecule is CCCCc1ccccc1C(P)(CCCC)CCCC.Cl. The lowest BCUT2D eigenvalue weighted by Gasteiger charge is -2.32. The Labute approximate surface area is 141 Å². The maximum Gasteiger partial charge on any atom is 0.0100 e. The summed E-state index contributed by atoms with van der Waals surface area (Å²) in [6, 6.07) is 9.16. The predicted octanol–water partition coefficient (Wildman–Crippen LogP) is 6.90. The van der Waals surface area contributed by atoms with Crippen LogP contribution in [-0.2, 0) is 11.6 Å². The van der Waals surface area contributed by atoms with Gasteiger partial charge in [-0.3, -0.25) is 0 Å². The molecule has 1 aromatic rings. The van der Waals surface area contributed by atoms with E-state index in [1.54, 1.807) is 11.1 Å². The van der Waals surface area contributed by atoms with Crippen LogP contribution in [0.15, 0.2) is 24.3 Å². The van der Waals surface area contributed by atoms with Crippen molar-refractivity contribution < 1.29 is 0 Å². The van der Waals surface area contributed by atoms with Crippen molar-refractivity contribution in [1.29, 1.82) is 0 Å². The molecule has 0 fully saturated rings. The Hall–Kier alpha value is -0.0600. The van der Waals surface area contributed by atoms with E-state index in [1.165, 1.54) is 57.8 Å². The lowest BCUT2D eigenvalue weighted by atomic mass is 9.84. The molecule has 0 saturated heterocycles. The van der Waals surface area contributed by atoms with Gasteiger partial charge in [0.2, 0.25) is 0 Å². The summed E-state index contributed by atoms with van der Waals surface area (Å²) in [7, 11) is 3.23. The lowest BCUT2D eigenvalue weighted by molar-refractivity contribution is 0.476. The second-order valence-electron chi connectivity index (χ2n) is 6.12. The van der Waals surface area contributed by atoms with Crippen LogP contribution in [0.4, 0.5) is 0 Å². The van der Waals surface area contributed by atoms with Crippen LogP contribution in [0.25, 0.3) is 0 Å². The number of unbranched alkanes of at least 4 members (excludes halogenated alkanes) is 3. The second kappa shape index (κ2) is 11.5. The number of hydrogen-bond donors (Lipinski definition) is 0. The Bertz CT molecular complexity index is 368. The zero-order valence-electron chi connectivity index (χ0n) is 14.2. The highest BCUT2D eigenvalue weighted by atomic mass is 35.5. The molecule has 2 heteroatoms. The highest BCUT2D eigenvalue weighted by Crippen LogP contribution is 2.43. The van der Waals surface area contributed by atoms with E-state index in [2.05, 4.69) is 54.3 Å². The van der Waals surface area contributed by atoms with Gasteiger partial charge in [0, 0.05) is 5.16 Å². The van der Waals surface area contributed by atoms with Crippen molar-refractivity contribution in [2.45, 2.75) is 83.7 Å². The molecule has 0 aliphatic carbocycles. The van der Waals surface area contributed by atoms with Gasteiger partial charge in [-0.1, -0.05) is 77.1 Å². The second-order valence-corrected chi connectivity index (χ2v) is 7.23. The quantitative estimate of drug-likeness (QED) is 0.410. The minimum atomic E-state index is 0. The standard InChI is InChI=1S/C19H33P.ClH/c1-4-7-12-17-13-10-11-14-18(17)19(20,15-8-5-2)16-9-6-3;/h10-11,13-14H,4-9,12,15-16,20H2,1-3H3;1H. The van der Waals surface area contributed by atoms with E-state index in [0.717, 1.165) is 0 Å². The number of rotatable bonds is 10. The highest BCUT2D eigenvalue weighted by Gasteiger charge is 2.27. The maximum atomic E-state index is 3.23. The molecule has 1 aromatic carbocycles. The van der Waals surface area contributed by atoms with Crippen molar-refractivity contribution in [3.8, 4) is 0 Å². The summed E-state index contributed by atoms with van der Waals surface area (Å²) >= 11 is 0. The molecule has 0 amide bonds. The average Bonchev–Trinajstić information content (AvgIpc) is 2.49. The molecular weight excluding hydrogens is 295 g/mol. The van der Waals surface area contributed by atoms with Crippen LogP contribution < -0.4 is 0 Å². The Balaban J connectivity index is 0.00000400. The summed E-state index contributed by atoms with van der Waals surface area (Å²) < 4.78 is 0. The molecule has 0 heterocycles. The minimum Gasteiger partial charge on any atom is -0.147 e. The van der Waals surface area contributed by atoms with E-state index >= 15 is 0 Å². The third-order valence-corrected chi connectivity index (χ3v) is 5.19. The van der Waals surface area contributed by atoms with E-state index in [0.29, 0.717) is 5.16 Å². The summed E-state index contributed by atoms with van der Waals surface area (Å²) in [4.78, 5) is 0. The van der Waals surface area contributed by atoms with Crippen molar-refractivity contribution in [3.63, 3.8) is 0 Å². The maximum absolute atomic E-state index is 3.23. The molecule has 0 nitrogen and oxygen atoms in total. The first-order valence-electron chi connectivity index (χ1n) is 8.55. The summed E-state index contributed by atoms with van der Waals surface area (Å²) in [5.74, 6) is 0. The first kappa shape index (κ1) is 20.9. The third-order valence-electron chi connectivity index (χ3n) is 4.31. The molecule has 1 unspecified atom stereocenters. The number of benzene rings is 1. The van der Waals surface area contributed by atoms with Gasteiger partial charge in [0.1, 0.15) is 0 Å². The van der Waals surface area contributed by atoms with Crippen LogP contribution in [0.2, 0.25) is 0 Å². The van der Waals surface area contributed by atoms with Crippen molar-refractivity contribution >= 4 is 21.6 Å². The van der Waals surface area contributed by atoms with Gasteiger partial charge in [0.25, 0.3) is 0 Å². The van der Waals surface area contributed by atoms with Gasteiger partial charge in [-0.2, -0.15) is 0 Å². The van der Waals surface area contributed by atoms with Gasteiger partial charge in [-0.05, 0) is 36.8 Å². The topological polar surface area (TPSA) is 0 Å². The first-order valence-corrected chi connectivity index (χ1v) is 9.13. The van der Waals surface area contributed by atoms with Crippen molar-refractivity contribution in [2.75, 3.05) is 0 Å². The fourth-order valence-electron chi connectivity index (χ4n) is 2.97. The zero-order valence-corrected chi connectivity index (χ0v) is 16.1. The molecule has 0 N–H and O–H groups in total. The van der Waals surface area contributed by atoms with Crippen LogP contribution in [0.1, 0.15) is 83.3 Å². The zero-order chi connectivity index (χ0) is 14.8. The van der Waals surface area contributed by atoms with Crippen LogP contribution >= 0.6 is 21.6 Å². The lowest BCUT2D eigenvalue weighted by Crippen LogP contribution is -2.20. The van der Waals surface area contributed by atoms with Crippen LogP contribution in [0.3, 0.4) is 0 Å². The molecule has 0 spiro atoms. The third kappa shape index (κ3) is 6.70. The molecule has 122 valence electrons. The summed E-state index contributed by atoms with van der Waals surface area (Å²) in [5, 5.41) is 0.302. The summed E-state index contributed by atoms with van der Waals surface area (Å²) in [5.41, 5.74) is 3.18. The largest absolute Gasteiger partial charge is 0.147 e. The number of hydrogen-bond acceptors (Lipinski definition) is 0. The van der Waals surface area contributed by atoms with E-state index in [4.69, 9.17) is 0 Å². The fraction of sp³-hybridized carbons (Fsp3) is 0.684. The molecule has 21 heavy (non-hydrogen) atoms. The van der Waals surface area contributed by atoms with Gasteiger partial charge in [-0.25, -0.2) is 0 Å². The minimum absolute atomic E-state index is 0. The molecular formula is C19H34ClP. The van der Waals surface area contributed by atoms with Crippen LogP contribution in [-0.4, -0.2) is 0 Å². The molecule has 1 atom stereocenters. The molecule has 0 saturated carbocycles. The molecule has 1 rings (SSSR count). The van der Waals surface area contributed by atoms with Crippen LogP contribution in [0, 0.1) is 0 Å². The average molecular weight is 329 g/mol. The Kier molecular flexibility index (Phi) is 11.5. The smallest absolute Gasteiger partial charge is 0.0100 e. The van der Waals surface area contributed by atoms with Crippen LogP contribution in [0.5, 0.6) is 0 Å². The predicted molar refractivity (Wildman–Crippen MR) is 103 cm³/mol. The Morgan fingerprint density at radius 1 is 0.857 bits per heavy atom. The van der Waals surface area contributed by atoms with Gasteiger partial charge >= 0.3 is 0 Å². The number of aryl methyl sites for hydroxylation is 1. The Morgan fingerprint density at radius 3 is 1.90 bits per heavy atom. The van der Waals surface area contributed by atoms with E-state index in [9.17, 15) is 0 Å². The monoisotopic (exact) mass is 328 g/mol. The van der Waals surface area contributed by atoms with Crippen molar-refractivity contribution in [3.05, 3.63) is 35.4 Å². The van der Waals surface area contributed by atoms with Gasteiger partial charge < -0.3 is 0 Å². The van der Waals surface area contributed by atoms with Crippen molar-refractivity contribution in [2.24, 2.45) is 0 Å². The Morgan fingerprint density at radius 2 is 1.38 bits per heavy atom. The summed E-state index contributed by atoms with van der Waals surface area (Å²) in [6.45, 7) is 6.88. The normalized spacial score (nSPS) is 11.2. The first-order chi connectivity index (χ1) is 9.68. The number of halogens is 1. The fourth-order valence-corrected chi connectivity index (χ4v) is 3.66. The van der Waals surface area contributed by atoms with Crippen molar-refractivity contribution in [1.82, 2.24) is 0 Å². The van der Waals surface area contributed by atoms with Gasteiger partial charge in [0.15, 0.2) is 0 Å². The molecule has 0 aromatic heterocycles. The summed E-state index contributed by atoms with van der Waals surface area (Å²) in [6.07, 6.45) is 11.7. The van der Waals surface area contributed by atoms with E-state index < -0.39 is 0 Å². The van der Waals surface area contributed by atoms with Gasteiger partial charge in [-0.15, -0.1) is 21.6 Å². The highest BCUT2D eigenvalue weighted by molar-refractivity contribution is 7.18. The molecule has 0 aliphatic heterocycles.